The molecular weight excluding hydrogens is 303 g/mol. The van der Waals surface area contributed by atoms with Crippen LogP contribution in [0.25, 0.3) is 12.2 Å². The van der Waals surface area contributed by atoms with Crippen molar-refractivity contribution in [3.05, 3.63) is 81.8 Å². The lowest BCUT2D eigenvalue weighted by Gasteiger charge is -2.03. The van der Waals surface area contributed by atoms with Crippen LogP contribution in [-0.2, 0) is 6.42 Å². The number of nitrogens with zero attached hydrogens (tertiary/aromatic N) is 2. The van der Waals surface area contributed by atoms with Crippen LogP contribution in [0, 0.1) is 26.6 Å². The van der Waals surface area contributed by atoms with Gasteiger partial charge in [-0.3, -0.25) is 0 Å². The topological polar surface area (TPSA) is 38.9 Å². The summed E-state index contributed by atoms with van der Waals surface area (Å²) in [5.74, 6) is 0.788. The molecule has 24 heavy (non-hydrogen) atoms. The van der Waals surface area contributed by atoms with Gasteiger partial charge in [0.05, 0.1) is 6.42 Å². The molecule has 3 nitrogen and oxygen atoms in total. The van der Waals surface area contributed by atoms with Crippen molar-refractivity contribution in [3.8, 4) is 0 Å². The van der Waals surface area contributed by atoms with Crippen LogP contribution in [0.5, 0.6) is 0 Å². The Morgan fingerprint density at radius 2 is 1.79 bits per heavy atom. The first-order chi connectivity index (χ1) is 11.5. The van der Waals surface area contributed by atoms with Crippen LogP contribution in [0.15, 0.2) is 40.8 Å². The third kappa shape index (κ3) is 3.77. The van der Waals surface area contributed by atoms with Gasteiger partial charge in [0, 0.05) is 6.08 Å². The van der Waals surface area contributed by atoms with E-state index < -0.39 is 0 Å². The van der Waals surface area contributed by atoms with Gasteiger partial charge in [0.1, 0.15) is 5.82 Å². The molecule has 4 heteroatoms. The molecule has 0 radical (unpaired) electrons. The normalized spacial score (nSPS) is 11.3. The summed E-state index contributed by atoms with van der Waals surface area (Å²) in [5, 5.41) is 8.15. The smallest absolute Gasteiger partial charge is 0.240 e. The van der Waals surface area contributed by atoms with Crippen molar-refractivity contribution in [1.82, 2.24) is 10.2 Å². The highest BCUT2D eigenvalue weighted by atomic mass is 19.1. The number of rotatable bonds is 4. The van der Waals surface area contributed by atoms with Crippen LogP contribution < -0.4 is 0 Å². The molecule has 0 saturated carbocycles. The second kappa shape index (κ2) is 6.79. The molecule has 1 aromatic heterocycles. The van der Waals surface area contributed by atoms with Gasteiger partial charge < -0.3 is 4.42 Å². The summed E-state index contributed by atoms with van der Waals surface area (Å²) < 4.78 is 18.8. The van der Waals surface area contributed by atoms with Gasteiger partial charge in [-0.05, 0) is 61.2 Å². The molecular formula is C20H19FN2O. The molecule has 0 aliphatic rings. The van der Waals surface area contributed by atoms with Gasteiger partial charge in [-0.15, -0.1) is 10.2 Å². The molecule has 1 heterocycles. The summed E-state index contributed by atoms with van der Waals surface area (Å²) in [6.45, 7) is 6.00. The van der Waals surface area contributed by atoms with Crippen LogP contribution in [0.1, 0.15) is 39.6 Å². The standard InChI is InChI=1S/C20H19FN2O/c1-13-4-5-14(2)17(10-13)12-20-23-22-19(24-20)9-7-16-6-8-18(21)11-15(16)3/h4-11H,12H2,1-3H3/b9-7+. The molecule has 2 aromatic carbocycles. The molecule has 0 amide bonds. The molecule has 122 valence electrons. The van der Waals surface area contributed by atoms with Crippen molar-refractivity contribution in [1.29, 1.82) is 0 Å². The Labute approximate surface area is 140 Å². The second-order valence-electron chi connectivity index (χ2n) is 5.97. The summed E-state index contributed by atoms with van der Waals surface area (Å²) in [5.41, 5.74) is 5.38. The predicted molar refractivity (Wildman–Crippen MR) is 93.1 cm³/mol. The Morgan fingerprint density at radius 3 is 2.58 bits per heavy atom. The van der Waals surface area contributed by atoms with E-state index in [1.807, 2.05) is 13.0 Å². The van der Waals surface area contributed by atoms with Crippen LogP contribution in [0.3, 0.4) is 0 Å². The fourth-order valence-electron chi connectivity index (χ4n) is 2.55. The summed E-state index contributed by atoms with van der Waals surface area (Å²) in [7, 11) is 0. The highest BCUT2D eigenvalue weighted by Gasteiger charge is 2.07. The minimum absolute atomic E-state index is 0.238. The molecule has 0 fully saturated rings. The van der Waals surface area contributed by atoms with Gasteiger partial charge in [-0.1, -0.05) is 29.8 Å². The molecule has 0 bridgehead atoms. The van der Waals surface area contributed by atoms with Crippen molar-refractivity contribution < 1.29 is 8.81 Å². The van der Waals surface area contributed by atoms with Gasteiger partial charge in [-0.2, -0.15) is 0 Å². The summed E-state index contributed by atoms with van der Waals surface area (Å²) in [6, 6.07) is 11.0. The van der Waals surface area contributed by atoms with Crippen molar-refractivity contribution in [3.63, 3.8) is 0 Å². The van der Waals surface area contributed by atoms with Gasteiger partial charge in [0.15, 0.2) is 0 Å². The maximum Gasteiger partial charge on any atom is 0.240 e. The number of aryl methyl sites for hydroxylation is 3. The molecule has 0 unspecified atom stereocenters. The fourth-order valence-corrected chi connectivity index (χ4v) is 2.55. The predicted octanol–water partition coefficient (Wildman–Crippen LogP) is 4.90. The van der Waals surface area contributed by atoms with E-state index in [1.165, 1.54) is 28.8 Å². The SMILES string of the molecule is Cc1ccc(C)c(Cc2nnc(/C=C/c3ccc(F)cc3C)o2)c1. The van der Waals surface area contributed by atoms with Crippen molar-refractivity contribution in [2.75, 3.05) is 0 Å². The Morgan fingerprint density at radius 1 is 0.958 bits per heavy atom. The van der Waals surface area contributed by atoms with Gasteiger partial charge in [0.25, 0.3) is 0 Å². The van der Waals surface area contributed by atoms with Gasteiger partial charge in [0.2, 0.25) is 11.8 Å². The van der Waals surface area contributed by atoms with Crippen molar-refractivity contribution in [2.45, 2.75) is 27.2 Å². The Balaban J connectivity index is 1.76. The summed E-state index contributed by atoms with van der Waals surface area (Å²) in [4.78, 5) is 0. The maximum atomic E-state index is 13.1. The number of halogens is 1. The van der Waals surface area contributed by atoms with Gasteiger partial charge >= 0.3 is 0 Å². The minimum Gasteiger partial charge on any atom is -0.421 e. The fraction of sp³-hybridized carbons (Fsp3) is 0.200. The first-order valence-corrected chi connectivity index (χ1v) is 7.84. The molecule has 0 spiro atoms. The highest BCUT2D eigenvalue weighted by molar-refractivity contribution is 5.67. The monoisotopic (exact) mass is 322 g/mol. The lowest BCUT2D eigenvalue weighted by molar-refractivity contribution is 0.496. The Kier molecular flexibility index (Phi) is 4.56. The number of aromatic nitrogens is 2. The van der Waals surface area contributed by atoms with Crippen molar-refractivity contribution >= 4 is 12.2 Å². The molecule has 3 rings (SSSR count). The second-order valence-corrected chi connectivity index (χ2v) is 5.97. The van der Waals surface area contributed by atoms with Gasteiger partial charge in [-0.25, -0.2) is 4.39 Å². The molecule has 0 aliphatic heterocycles. The zero-order chi connectivity index (χ0) is 17.1. The molecule has 0 aliphatic carbocycles. The van der Waals surface area contributed by atoms with E-state index in [-0.39, 0.29) is 5.82 Å². The van der Waals surface area contributed by atoms with E-state index in [4.69, 9.17) is 4.42 Å². The van der Waals surface area contributed by atoms with Crippen LogP contribution in [0.2, 0.25) is 0 Å². The number of hydrogen-bond acceptors (Lipinski definition) is 3. The zero-order valence-electron chi connectivity index (χ0n) is 14.0. The average molecular weight is 322 g/mol. The minimum atomic E-state index is -0.238. The largest absolute Gasteiger partial charge is 0.421 e. The van der Waals surface area contributed by atoms with E-state index in [0.717, 1.165) is 11.1 Å². The van der Waals surface area contributed by atoms with E-state index in [9.17, 15) is 4.39 Å². The van der Waals surface area contributed by atoms with Crippen LogP contribution in [0.4, 0.5) is 4.39 Å². The summed E-state index contributed by atoms with van der Waals surface area (Å²) >= 11 is 0. The first-order valence-electron chi connectivity index (χ1n) is 7.84. The zero-order valence-corrected chi connectivity index (χ0v) is 14.0. The maximum absolute atomic E-state index is 13.1. The number of hydrogen-bond donors (Lipinski definition) is 0. The summed E-state index contributed by atoms with van der Waals surface area (Å²) in [6.07, 6.45) is 4.22. The molecule has 3 aromatic rings. The quantitative estimate of drug-likeness (QED) is 0.686. The molecule has 0 atom stereocenters. The van der Waals surface area contributed by atoms with Crippen LogP contribution >= 0.6 is 0 Å². The molecule has 0 N–H and O–H groups in total. The van der Waals surface area contributed by atoms with Crippen molar-refractivity contribution in [2.24, 2.45) is 0 Å². The van der Waals surface area contributed by atoms with E-state index in [0.29, 0.717) is 18.2 Å². The lowest BCUT2D eigenvalue weighted by Crippen LogP contribution is -1.93. The van der Waals surface area contributed by atoms with Crippen LogP contribution in [-0.4, -0.2) is 10.2 Å². The average Bonchev–Trinajstić information content (AvgIpc) is 2.98. The Hall–Kier alpha value is -2.75. The third-order valence-corrected chi connectivity index (χ3v) is 3.97. The highest BCUT2D eigenvalue weighted by Crippen LogP contribution is 2.17. The van der Waals surface area contributed by atoms with E-state index >= 15 is 0 Å². The van der Waals surface area contributed by atoms with E-state index in [1.54, 1.807) is 12.1 Å². The first kappa shape index (κ1) is 16.1. The molecule has 0 saturated heterocycles. The number of benzene rings is 2. The lowest BCUT2D eigenvalue weighted by atomic mass is 10.0. The third-order valence-electron chi connectivity index (χ3n) is 3.97. The van der Waals surface area contributed by atoms with E-state index in [2.05, 4.69) is 42.2 Å². The Bertz CT molecular complexity index is 896.